The van der Waals surface area contributed by atoms with Gasteiger partial charge in [0.2, 0.25) is 11.0 Å². The fourth-order valence-electron chi connectivity index (χ4n) is 3.52. The number of oxazole rings is 1. The molecule has 9 nitrogen and oxygen atoms in total. The molecule has 0 amide bonds. The van der Waals surface area contributed by atoms with Gasteiger partial charge in [-0.2, -0.15) is 5.10 Å². The second-order valence-corrected chi connectivity index (χ2v) is 8.35. The molecule has 3 heterocycles. The minimum Gasteiger partial charge on any atom is -0.493 e. The van der Waals surface area contributed by atoms with Gasteiger partial charge in [-0.3, -0.25) is 4.79 Å². The molecule has 0 radical (unpaired) electrons. The highest BCUT2D eigenvalue weighted by Gasteiger charge is 2.16. The summed E-state index contributed by atoms with van der Waals surface area (Å²) < 4.78 is 18.1. The van der Waals surface area contributed by atoms with Gasteiger partial charge < -0.3 is 13.9 Å². The first-order valence-corrected chi connectivity index (χ1v) is 11.4. The minimum absolute atomic E-state index is 0.326. The van der Waals surface area contributed by atoms with E-state index in [0.717, 1.165) is 22.6 Å². The van der Waals surface area contributed by atoms with E-state index in [1.54, 1.807) is 30.9 Å². The van der Waals surface area contributed by atoms with Crippen LogP contribution in [0.15, 0.2) is 69.0 Å². The third-order valence-corrected chi connectivity index (χ3v) is 6.25. The molecule has 5 rings (SSSR count). The molecule has 0 bridgehead atoms. The Labute approximate surface area is 198 Å². The zero-order valence-electron chi connectivity index (χ0n) is 18.7. The molecule has 0 atom stereocenters. The van der Waals surface area contributed by atoms with Gasteiger partial charge in [0.25, 0.3) is 5.56 Å². The number of methoxy groups -OCH3 is 2. The van der Waals surface area contributed by atoms with Gasteiger partial charge in [-0.15, -0.1) is 5.10 Å². The van der Waals surface area contributed by atoms with Crippen LogP contribution in [-0.2, 0) is 5.75 Å². The Bertz CT molecular complexity index is 1520. The van der Waals surface area contributed by atoms with Crippen LogP contribution < -0.4 is 15.0 Å². The normalized spacial score (nSPS) is 11.1. The van der Waals surface area contributed by atoms with E-state index in [9.17, 15) is 4.79 Å². The summed E-state index contributed by atoms with van der Waals surface area (Å²) in [6.45, 7) is 1.88. The summed E-state index contributed by atoms with van der Waals surface area (Å²) in [5, 5.41) is 11.9. The Morgan fingerprint density at radius 3 is 2.59 bits per heavy atom. The number of rotatable bonds is 7. The van der Waals surface area contributed by atoms with Crippen LogP contribution in [0.4, 0.5) is 0 Å². The topological polar surface area (TPSA) is 108 Å². The van der Waals surface area contributed by atoms with Crippen LogP contribution in [0.2, 0.25) is 0 Å². The standard InChI is InChI=1S/C24H21N5O4S/c1-14-18(25-23(33-14)15-7-5-4-6-8-15)13-34-24-27-26-22(30)19-12-17(28-29(19)24)16-9-10-20(31-2)21(11-16)32-3/h4-12H,13H2,1-3H3,(H,26,30). The van der Waals surface area contributed by atoms with E-state index in [0.29, 0.717) is 39.5 Å². The Kier molecular flexibility index (Phi) is 5.81. The lowest BCUT2D eigenvalue weighted by atomic mass is 10.1. The molecule has 0 spiro atoms. The van der Waals surface area contributed by atoms with Gasteiger partial charge in [0, 0.05) is 16.9 Å². The molecule has 0 aliphatic heterocycles. The van der Waals surface area contributed by atoms with Crippen LogP contribution in [0.25, 0.3) is 28.2 Å². The highest BCUT2D eigenvalue weighted by atomic mass is 32.2. The number of benzene rings is 2. The highest BCUT2D eigenvalue weighted by Crippen LogP contribution is 2.32. The number of thioether (sulfide) groups is 1. The lowest BCUT2D eigenvalue weighted by molar-refractivity contribution is 0.355. The fourth-order valence-corrected chi connectivity index (χ4v) is 4.43. The van der Waals surface area contributed by atoms with Crippen LogP contribution in [0.5, 0.6) is 11.5 Å². The number of hydrogen-bond donors (Lipinski definition) is 1. The lowest BCUT2D eigenvalue weighted by Crippen LogP contribution is -2.13. The van der Waals surface area contributed by atoms with Crippen molar-refractivity contribution in [2.24, 2.45) is 0 Å². The van der Waals surface area contributed by atoms with Gasteiger partial charge in [-0.25, -0.2) is 14.6 Å². The average molecular weight is 476 g/mol. The number of aromatic amines is 1. The van der Waals surface area contributed by atoms with E-state index >= 15 is 0 Å². The number of H-pyrrole nitrogens is 1. The second-order valence-electron chi connectivity index (χ2n) is 7.41. The summed E-state index contributed by atoms with van der Waals surface area (Å²) in [7, 11) is 3.15. The van der Waals surface area contributed by atoms with Crippen molar-refractivity contribution in [1.82, 2.24) is 24.8 Å². The van der Waals surface area contributed by atoms with E-state index in [1.165, 1.54) is 11.8 Å². The molecular formula is C24H21N5O4S. The molecule has 0 aliphatic rings. The van der Waals surface area contributed by atoms with Crippen molar-refractivity contribution in [3.63, 3.8) is 0 Å². The third kappa shape index (κ3) is 4.03. The summed E-state index contributed by atoms with van der Waals surface area (Å²) in [6.07, 6.45) is 0. The zero-order chi connectivity index (χ0) is 23.7. The Morgan fingerprint density at radius 2 is 1.82 bits per heavy atom. The molecule has 34 heavy (non-hydrogen) atoms. The summed E-state index contributed by atoms with van der Waals surface area (Å²) in [4.78, 5) is 17.1. The maximum atomic E-state index is 12.4. The molecule has 0 aliphatic carbocycles. The molecular weight excluding hydrogens is 454 g/mol. The van der Waals surface area contributed by atoms with Gasteiger partial charge in [-0.1, -0.05) is 30.0 Å². The number of hydrogen-bond acceptors (Lipinski definition) is 8. The van der Waals surface area contributed by atoms with E-state index < -0.39 is 0 Å². The molecule has 10 heteroatoms. The molecule has 1 N–H and O–H groups in total. The third-order valence-electron chi connectivity index (χ3n) is 5.31. The van der Waals surface area contributed by atoms with Crippen LogP contribution in [0.1, 0.15) is 11.5 Å². The quantitative estimate of drug-likeness (QED) is 0.346. The first kappa shape index (κ1) is 21.8. The molecule has 0 saturated carbocycles. The number of aromatic nitrogens is 5. The smallest absolute Gasteiger partial charge is 0.290 e. The van der Waals surface area contributed by atoms with Gasteiger partial charge >= 0.3 is 0 Å². The van der Waals surface area contributed by atoms with Crippen molar-refractivity contribution in [3.05, 3.63) is 76.4 Å². The molecule has 2 aromatic carbocycles. The minimum atomic E-state index is -0.326. The number of ether oxygens (including phenoxy) is 2. The maximum absolute atomic E-state index is 12.4. The van der Waals surface area contributed by atoms with Gasteiger partial charge in [0.05, 0.1) is 25.6 Å². The van der Waals surface area contributed by atoms with Crippen molar-refractivity contribution in [2.75, 3.05) is 14.2 Å². The maximum Gasteiger partial charge on any atom is 0.290 e. The lowest BCUT2D eigenvalue weighted by Gasteiger charge is -2.08. The van der Waals surface area contributed by atoms with Crippen molar-refractivity contribution in [2.45, 2.75) is 17.8 Å². The predicted octanol–water partition coefficient (Wildman–Crippen LogP) is 4.36. The van der Waals surface area contributed by atoms with E-state index in [-0.39, 0.29) is 5.56 Å². The molecule has 5 aromatic rings. The van der Waals surface area contributed by atoms with Gasteiger partial charge in [-0.05, 0) is 43.3 Å². The number of nitrogens with zero attached hydrogens (tertiary/aromatic N) is 4. The molecule has 3 aromatic heterocycles. The largest absolute Gasteiger partial charge is 0.493 e. The predicted molar refractivity (Wildman–Crippen MR) is 128 cm³/mol. The number of fused-ring (bicyclic) bond motifs is 1. The zero-order valence-corrected chi connectivity index (χ0v) is 19.5. The van der Waals surface area contributed by atoms with Gasteiger partial charge in [0.1, 0.15) is 11.3 Å². The van der Waals surface area contributed by atoms with Crippen LogP contribution in [-0.4, -0.2) is 39.0 Å². The first-order chi connectivity index (χ1) is 16.6. The molecule has 172 valence electrons. The monoisotopic (exact) mass is 475 g/mol. The van der Waals surface area contributed by atoms with E-state index in [2.05, 4.69) is 20.3 Å². The first-order valence-electron chi connectivity index (χ1n) is 10.4. The summed E-state index contributed by atoms with van der Waals surface area (Å²) in [6, 6.07) is 16.9. The van der Waals surface area contributed by atoms with Crippen LogP contribution in [0.3, 0.4) is 0 Å². The fraction of sp³-hybridized carbons (Fsp3) is 0.167. The van der Waals surface area contributed by atoms with E-state index in [4.69, 9.17) is 13.9 Å². The summed E-state index contributed by atoms with van der Waals surface area (Å²) >= 11 is 1.41. The number of nitrogens with one attached hydrogen (secondary N) is 1. The van der Waals surface area contributed by atoms with Crippen LogP contribution >= 0.6 is 11.8 Å². The Balaban J connectivity index is 1.45. The van der Waals surface area contributed by atoms with Crippen molar-refractivity contribution >= 4 is 17.3 Å². The second kappa shape index (κ2) is 9.06. The van der Waals surface area contributed by atoms with Gasteiger partial charge in [0.15, 0.2) is 11.5 Å². The summed E-state index contributed by atoms with van der Waals surface area (Å²) in [5.74, 6) is 3.00. The van der Waals surface area contributed by atoms with Crippen molar-refractivity contribution in [1.29, 1.82) is 0 Å². The van der Waals surface area contributed by atoms with Crippen LogP contribution in [0, 0.1) is 6.92 Å². The SMILES string of the molecule is COc1ccc(-c2cc3c(=O)[nH]nc(SCc4nc(-c5ccccc5)oc4C)n3n2)cc1OC. The molecule has 0 fully saturated rings. The Morgan fingerprint density at radius 1 is 1.03 bits per heavy atom. The summed E-state index contributed by atoms with van der Waals surface area (Å²) in [5.41, 5.74) is 3.19. The van der Waals surface area contributed by atoms with E-state index in [1.807, 2.05) is 49.4 Å². The Hall–Kier alpha value is -4.05. The molecule has 0 saturated heterocycles. The highest BCUT2D eigenvalue weighted by molar-refractivity contribution is 7.98. The van der Waals surface area contributed by atoms with Crippen molar-refractivity contribution in [3.8, 4) is 34.2 Å². The van der Waals surface area contributed by atoms with Crippen molar-refractivity contribution < 1.29 is 13.9 Å². The molecule has 0 unspecified atom stereocenters. The number of aryl methyl sites for hydroxylation is 1. The average Bonchev–Trinajstić information content (AvgIpc) is 3.49.